The minimum absolute atomic E-state index is 0.142. The number of fused-ring (bicyclic) bond motifs is 1. The second kappa shape index (κ2) is 12.8. The molecular weight excluding hydrogens is 663 g/mol. The smallest absolute Gasteiger partial charge is 0.408 e. The summed E-state index contributed by atoms with van der Waals surface area (Å²) < 4.78 is 85.6. The number of anilines is 1. The van der Waals surface area contributed by atoms with Crippen LogP contribution in [-0.2, 0) is 33.3 Å². The Kier molecular flexibility index (Phi) is 9.20. The predicted molar refractivity (Wildman–Crippen MR) is 170 cm³/mol. The number of carbonyl (C=O) groups excluding carboxylic acids is 2. The summed E-state index contributed by atoms with van der Waals surface area (Å²) in [5.41, 5.74) is -2.73. The number of halogens is 5. The van der Waals surface area contributed by atoms with E-state index < -0.39 is 70.2 Å². The summed E-state index contributed by atoms with van der Waals surface area (Å²) in [5.74, 6) is -9.53. The molecule has 262 valence electrons. The summed E-state index contributed by atoms with van der Waals surface area (Å²) in [5, 5.41) is 19.3. The molecule has 0 spiro atoms. The second-order valence-electron chi connectivity index (χ2n) is 13.5. The van der Waals surface area contributed by atoms with E-state index in [1.54, 1.807) is 45.0 Å². The highest BCUT2D eigenvalue weighted by atomic mass is 19.3. The summed E-state index contributed by atoms with van der Waals surface area (Å²) >= 11 is 0. The molecule has 3 heterocycles. The van der Waals surface area contributed by atoms with Gasteiger partial charge in [0.2, 0.25) is 11.8 Å². The predicted octanol–water partition coefficient (Wildman–Crippen LogP) is 7.77. The number of hydrogen-bond acceptors (Lipinski definition) is 8. The van der Waals surface area contributed by atoms with Gasteiger partial charge in [0.05, 0.1) is 29.6 Å². The normalized spacial score (nSPS) is 16.3. The Hall–Kier alpha value is -5.39. The number of amides is 2. The lowest BCUT2D eigenvalue weighted by Crippen LogP contribution is -2.49. The van der Waals surface area contributed by atoms with E-state index in [9.17, 15) is 23.6 Å². The number of alkyl halides is 4. The Bertz CT molecular complexity index is 1960. The van der Waals surface area contributed by atoms with Crippen molar-refractivity contribution in [1.82, 2.24) is 20.5 Å². The number of ether oxygens (including phenoxy) is 1. The first kappa shape index (κ1) is 35.9. The summed E-state index contributed by atoms with van der Waals surface area (Å²) in [6.45, 7) is 8.13. The van der Waals surface area contributed by atoms with Crippen LogP contribution in [-0.4, -0.2) is 38.8 Å². The molecule has 1 N–H and O–H groups in total. The van der Waals surface area contributed by atoms with E-state index in [1.165, 1.54) is 26.0 Å². The lowest BCUT2D eigenvalue weighted by molar-refractivity contribution is -0.123. The zero-order valence-electron chi connectivity index (χ0n) is 27.9. The van der Waals surface area contributed by atoms with Crippen LogP contribution in [0.15, 0.2) is 59.1 Å². The molecule has 0 radical (unpaired) electrons. The van der Waals surface area contributed by atoms with Gasteiger partial charge in [0.1, 0.15) is 22.9 Å². The van der Waals surface area contributed by atoms with Gasteiger partial charge in [-0.15, -0.1) is 10.2 Å². The molecule has 50 heavy (non-hydrogen) atoms. The van der Waals surface area contributed by atoms with Crippen molar-refractivity contribution >= 4 is 17.7 Å². The van der Waals surface area contributed by atoms with E-state index in [0.717, 1.165) is 24.1 Å². The van der Waals surface area contributed by atoms with Crippen molar-refractivity contribution in [2.24, 2.45) is 0 Å². The van der Waals surface area contributed by atoms with Crippen LogP contribution < -0.4 is 10.2 Å². The number of nitrogens with zero attached hydrogens (tertiary/aromatic N) is 5. The summed E-state index contributed by atoms with van der Waals surface area (Å²) in [6, 6.07) is 10.9. The van der Waals surface area contributed by atoms with Gasteiger partial charge in [0, 0.05) is 36.2 Å². The highest BCUT2D eigenvalue weighted by molar-refractivity contribution is 6.01. The first-order valence-corrected chi connectivity index (χ1v) is 15.4. The fraction of sp³-hybridized carbons (Fsp3) is 0.371. The topological polar surface area (TPSA) is 134 Å². The van der Waals surface area contributed by atoms with Crippen LogP contribution in [0.2, 0.25) is 0 Å². The van der Waals surface area contributed by atoms with Crippen LogP contribution in [0.3, 0.4) is 0 Å². The molecule has 0 saturated heterocycles. The van der Waals surface area contributed by atoms with Crippen molar-refractivity contribution in [2.75, 3.05) is 4.90 Å². The van der Waals surface area contributed by atoms with Gasteiger partial charge in [0.25, 0.3) is 17.7 Å². The number of alkyl carbamates (subject to hydrolysis) is 1. The molecule has 15 heteroatoms. The van der Waals surface area contributed by atoms with Gasteiger partial charge in [0.15, 0.2) is 0 Å². The third kappa shape index (κ3) is 7.59. The Morgan fingerprint density at radius 1 is 1.08 bits per heavy atom. The van der Waals surface area contributed by atoms with Crippen LogP contribution in [0.1, 0.15) is 70.5 Å². The zero-order valence-corrected chi connectivity index (χ0v) is 27.9. The van der Waals surface area contributed by atoms with Crippen molar-refractivity contribution < 1.29 is 40.7 Å². The number of nitriles is 1. The number of nitrogens with one attached hydrogen (secondary N) is 1. The molecule has 2 amide bonds. The molecule has 0 aliphatic carbocycles. The molecule has 4 aromatic rings. The van der Waals surface area contributed by atoms with Crippen molar-refractivity contribution in [3.05, 3.63) is 83.1 Å². The molecule has 1 aliphatic rings. The molecule has 1 aliphatic heterocycles. The van der Waals surface area contributed by atoms with Crippen LogP contribution in [0.4, 0.5) is 32.4 Å². The van der Waals surface area contributed by atoms with Gasteiger partial charge in [-0.05, 0) is 64.4 Å². The second-order valence-corrected chi connectivity index (χ2v) is 13.5. The van der Waals surface area contributed by atoms with Gasteiger partial charge in [-0.2, -0.15) is 5.26 Å². The van der Waals surface area contributed by atoms with Crippen LogP contribution in [0.25, 0.3) is 22.7 Å². The molecule has 0 saturated carbocycles. The quantitative estimate of drug-likeness (QED) is 0.194. The third-order valence-corrected chi connectivity index (χ3v) is 7.82. The third-order valence-electron chi connectivity index (χ3n) is 7.82. The minimum Gasteiger partial charge on any atom is -0.444 e. The fourth-order valence-corrected chi connectivity index (χ4v) is 5.15. The zero-order chi connectivity index (χ0) is 36.8. The average Bonchev–Trinajstić information content (AvgIpc) is 3.51. The molecular formula is C35H33F5N6O4. The Morgan fingerprint density at radius 2 is 1.76 bits per heavy atom. The van der Waals surface area contributed by atoms with Crippen LogP contribution >= 0.6 is 0 Å². The van der Waals surface area contributed by atoms with Crippen molar-refractivity contribution in [1.29, 1.82) is 5.26 Å². The highest BCUT2D eigenvalue weighted by Gasteiger charge is 2.47. The molecule has 1 unspecified atom stereocenters. The number of rotatable bonds is 7. The van der Waals surface area contributed by atoms with Gasteiger partial charge in [-0.1, -0.05) is 24.3 Å². The standard InChI is InChI=1S/C35H33F5N6O4/c1-32(2,3)50-31(48)43-26-15-35(39,40)23-14-24(36)22(28-44-45-30(49-28)33(4,5)18-41)13-27(23)46(29(26)47)17-19-7-9-20(10-8-19)25-12-11-21(16-42-25)34(6,37)38/h7-14,16,26H,15,17H2,1-6H3,(H,43,48). The van der Waals surface area contributed by atoms with Gasteiger partial charge < -0.3 is 19.4 Å². The van der Waals surface area contributed by atoms with E-state index in [4.69, 9.17) is 9.15 Å². The number of hydrogen-bond donors (Lipinski definition) is 1. The van der Waals surface area contributed by atoms with Gasteiger partial charge in [-0.3, -0.25) is 9.78 Å². The average molecular weight is 697 g/mol. The fourth-order valence-electron chi connectivity index (χ4n) is 5.15. The van der Waals surface area contributed by atoms with Crippen molar-refractivity contribution in [3.8, 4) is 28.8 Å². The summed E-state index contributed by atoms with van der Waals surface area (Å²) in [6.07, 6.45) is -1.24. The highest BCUT2D eigenvalue weighted by Crippen LogP contribution is 2.45. The minimum atomic E-state index is -3.82. The maximum atomic E-state index is 16.0. The van der Waals surface area contributed by atoms with Crippen molar-refractivity contribution in [3.63, 3.8) is 0 Å². The number of benzene rings is 2. The number of pyridine rings is 1. The van der Waals surface area contributed by atoms with E-state index >= 15 is 13.2 Å². The van der Waals surface area contributed by atoms with E-state index in [0.29, 0.717) is 22.9 Å². The van der Waals surface area contributed by atoms with Crippen molar-refractivity contribution in [2.45, 2.75) is 83.4 Å². The largest absolute Gasteiger partial charge is 0.444 e. The lowest BCUT2D eigenvalue weighted by Gasteiger charge is -2.27. The maximum Gasteiger partial charge on any atom is 0.408 e. The first-order chi connectivity index (χ1) is 23.2. The molecule has 0 fully saturated rings. The molecule has 2 aromatic heterocycles. The first-order valence-electron chi connectivity index (χ1n) is 15.4. The monoisotopic (exact) mass is 696 g/mol. The molecule has 10 nitrogen and oxygen atoms in total. The number of carbonyl (C=O) groups is 2. The van der Waals surface area contributed by atoms with Crippen LogP contribution in [0, 0.1) is 17.1 Å². The van der Waals surface area contributed by atoms with E-state index in [1.807, 2.05) is 6.07 Å². The van der Waals surface area contributed by atoms with E-state index in [-0.39, 0.29) is 23.7 Å². The SMILES string of the molecule is CC(C)(C)OC(=O)NC1CC(F)(F)c2cc(F)c(-c3nnc(C(C)(C)C#N)o3)cc2N(Cc2ccc(-c3ccc(C(C)(F)F)cn3)cc2)C1=O. The molecule has 2 aromatic carbocycles. The maximum absolute atomic E-state index is 16.0. The van der Waals surface area contributed by atoms with Crippen LogP contribution in [0.5, 0.6) is 0 Å². The Morgan fingerprint density at radius 3 is 2.34 bits per heavy atom. The van der Waals surface area contributed by atoms with E-state index in [2.05, 4.69) is 20.5 Å². The summed E-state index contributed by atoms with van der Waals surface area (Å²) in [4.78, 5) is 31.9. The van der Waals surface area contributed by atoms with Gasteiger partial charge in [-0.25, -0.2) is 26.7 Å². The molecule has 0 bridgehead atoms. The number of aromatic nitrogens is 3. The molecule has 1 atom stereocenters. The Balaban J connectivity index is 1.57. The van der Waals surface area contributed by atoms with Gasteiger partial charge >= 0.3 is 6.09 Å². The summed E-state index contributed by atoms with van der Waals surface area (Å²) in [7, 11) is 0. The Labute approximate surface area is 284 Å². The lowest BCUT2D eigenvalue weighted by atomic mass is 9.96. The molecule has 5 rings (SSSR count).